The zero-order valence-corrected chi connectivity index (χ0v) is 13.3. The smallest absolute Gasteiger partial charge is 0.341 e. The van der Waals surface area contributed by atoms with Gasteiger partial charge in [0.25, 0.3) is 0 Å². The van der Waals surface area contributed by atoms with Gasteiger partial charge in [0.1, 0.15) is 17.1 Å². The molecule has 2 rings (SSSR count). The minimum atomic E-state index is -0.664. The van der Waals surface area contributed by atoms with Crippen LogP contribution >= 0.6 is 9.24 Å². The average molecular weight is 308 g/mol. The van der Waals surface area contributed by atoms with Crippen molar-refractivity contribution in [3.8, 4) is 16.9 Å². The summed E-state index contributed by atoms with van der Waals surface area (Å²) in [4.78, 5) is 11.5. The molecule has 0 aliphatic carbocycles. The molecular weight excluding hydrogens is 290 g/mol. The maximum atomic E-state index is 13.9. The standard InChI is InChI=1S/C14H12FO3P.C2H6/c1-18-14(17)11-6-8(2-5-13(11)16)10-4-3-9(19)7-12(10)15;1-2/h2-7,16H,19H2,1H3;1-2H3. The lowest BCUT2D eigenvalue weighted by atomic mass is 10.0. The van der Waals surface area contributed by atoms with Gasteiger partial charge in [-0.15, -0.1) is 9.24 Å². The number of hydrogen-bond donors (Lipinski definition) is 1. The van der Waals surface area contributed by atoms with Crippen molar-refractivity contribution in [3.05, 3.63) is 47.8 Å². The first-order chi connectivity index (χ1) is 10.0. The summed E-state index contributed by atoms with van der Waals surface area (Å²) in [6, 6.07) is 9.03. The fourth-order valence-corrected chi connectivity index (χ4v) is 1.99. The Morgan fingerprint density at radius 3 is 2.43 bits per heavy atom. The predicted octanol–water partition coefficient (Wildman–Crippen LogP) is 3.51. The van der Waals surface area contributed by atoms with Gasteiger partial charge < -0.3 is 9.84 Å². The molecule has 0 amide bonds. The van der Waals surface area contributed by atoms with Crippen molar-refractivity contribution in [3.63, 3.8) is 0 Å². The minimum absolute atomic E-state index is 0.00866. The molecule has 0 aromatic heterocycles. The van der Waals surface area contributed by atoms with Crippen molar-refractivity contribution < 1.29 is 19.0 Å². The van der Waals surface area contributed by atoms with Gasteiger partial charge in [0.05, 0.1) is 7.11 Å². The summed E-state index contributed by atoms with van der Waals surface area (Å²) >= 11 is 0. The molecule has 0 spiro atoms. The lowest BCUT2D eigenvalue weighted by molar-refractivity contribution is 0.0597. The van der Waals surface area contributed by atoms with E-state index in [0.29, 0.717) is 11.1 Å². The number of halogens is 1. The van der Waals surface area contributed by atoms with Gasteiger partial charge in [-0.3, -0.25) is 0 Å². The van der Waals surface area contributed by atoms with E-state index in [1.54, 1.807) is 18.2 Å². The molecule has 2 aromatic carbocycles. The summed E-state index contributed by atoms with van der Waals surface area (Å²) < 4.78 is 18.4. The number of phenolic OH excluding ortho intramolecular Hbond substituents is 1. The van der Waals surface area contributed by atoms with E-state index in [2.05, 4.69) is 14.0 Å². The highest BCUT2D eigenvalue weighted by Gasteiger charge is 2.14. The van der Waals surface area contributed by atoms with E-state index in [0.717, 1.165) is 5.30 Å². The number of phenols is 1. The van der Waals surface area contributed by atoms with Crippen LogP contribution < -0.4 is 5.30 Å². The zero-order chi connectivity index (χ0) is 16.0. The SMILES string of the molecule is CC.COC(=O)c1cc(-c2ccc(P)cc2F)ccc1O. The van der Waals surface area contributed by atoms with E-state index >= 15 is 0 Å². The number of rotatable bonds is 2. The summed E-state index contributed by atoms with van der Waals surface area (Å²) in [6.07, 6.45) is 0. The molecule has 0 heterocycles. The molecule has 0 radical (unpaired) electrons. The molecule has 0 saturated heterocycles. The largest absolute Gasteiger partial charge is 0.507 e. The molecule has 3 nitrogen and oxygen atoms in total. The molecule has 1 N–H and O–H groups in total. The first-order valence-corrected chi connectivity index (χ1v) is 7.07. The molecular formula is C16H18FO3P. The molecule has 1 atom stereocenters. The van der Waals surface area contributed by atoms with Crippen LogP contribution in [0.1, 0.15) is 24.2 Å². The first kappa shape index (κ1) is 17.1. The molecule has 0 fully saturated rings. The van der Waals surface area contributed by atoms with Crippen molar-refractivity contribution in [2.24, 2.45) is 0 Å². The second kappa shape index (κ2) is 7.75. The maximum Gasteiger partial charge on any atom is 0.341 e. The summed E-state index contributed by atoms with van der Waals surface area (Å²) in [7, 11) is 3.63. The highest BCUT2D eigenvalue weighted by atomic mass is 31.0. The molecule has 112 valence electrons. The third-order valence-electron chi connectivity index (χ3n) is 2.71. The number of carbonyl (C=O) groups excluding carboxylic acids is 1. The number of hydrogen-bond acceptors (Lipinski definition) is 3. The second-order valence-corrected chi connectivity index (χ2v) is 4.63. The van der Waals surface area contributed by atoms with Crippen LogP contribution in [-0.2, 0) is 4.74 Å². The van der Waals surface area contributed by atoms with E-state index in [1.807, 2.05) is 13.8 Å². The van der Waals surface area contributed by atoms with E-state index in [9.17, 15) is 14.3 Å². The van der Waals surface area contributed by atoms with E-state index in [1.165, 1.54) is 25.3 Å². The van der Waals surface area contributed by atoms with Gasteiger partial charge >= 0.3 is 5.97 Å². The molecule has 0 aliphatic heterocycles. The summed E-state index contributed by atoms with van der Waals surface area (Å²) in [5.41, 5.74) is 0.867. The molecule has 0 saturated carbocycles. The van der Waals surface area contributed by atoms with Gasteiger partial charge in [-0.1, -0.05) is 32.0 Å². The lowest BCUT2D eigenvalue weighted by Gasteiger charge is -2.08. The Hall–Kier alpha value is -1.93. The third-order valence-corrected chi connectivity index (χ3v) is 3.07. The molecule has 1 unspecified atom stereocenters. The molecule has 5 heteroatoms. The monoisotopic (exact) mass is 308 g/mol. The van der Waals surface area contributed by atoms with Crippen LogP contribution in [0.3, 0.4) is 0 Å². The van der Waals surface area contributed by atoms with E-state index in [4.69, 9.17) is 0 Å². The lowest BCUT2D eigenvalue weighted by Crippen LogP contribution is -2.02. The van der Waals surface area contributed by atoms with Crippen molar-refractivity contribution in [1.82, 2.24) is 0 Å². The summed E-state index contributed by atoms with van der Waals surface area (Å²) in [5, 5.41) is 10.3. The molecule has 21 heavy (non-hydrogen) atoms. The Kier molecular flexibility index (Phi) is 6.32. The Bertz CT molecular complexity index is 641. The van der Waals surface area contributed by atoms with Gasteiger partial charge in [0.15, 0.2) is 0 Å². The van der Waals surface area contributed by atoms with Crippen LogP contribution in [0.5, 0.6) is 5.75 Å². The quantitative estimate of drug-likeness (QED) is 0.682. The second-order valence-electron chi connectivity index (χ2n) is 3.96. The third kappa shape index (κ3) is 4.02. The maximum absolute atomic E-state index is 13.9. The number of carbonyl (C=O) groups is 1. The van der Waals surface area contributed by atoms with Gasteiger partial charge in [-0.2, -0.15) is 0 Å². The Balaban J connectivity index is 0.00000106. The molecule has 0 bridgehead atoms. The van der Waals surface area contributed by atoms with Gasteiger partial charge in [-0.25, -0.2) is 9.18 Å². The summed E-state index contributed by atoms with van der Waals surface area (Å²) in [6.45, 7) is 4.00. The van der Waals surface area contributed by atoms with Crippen LogP contribution in [0.15, 0.2) is 36.4 Å². The number of ether oxygens (including phenoxy) is 1. The topological polar surface area (TPSA) is 46.5 Å². The number of methoxy groups -OCH3 is 1. The van der Waals surface area contributed by atoms with Crippen LogP contribution in [0.4, 0.5) is 4.39 Å². The summed E-state index contributed by atoms with van der Waals surface area (Å²) in [5.74, 6) is -1.25. The first-order valence-electron chi connectivity index (χ1n) is 6.49. The van der Waals surface area contributed by atoms with Crippen LogP contribution in [0.2, 0.25) is 0 Å². The average Bonchev–Trinajstić information content (AvgIpc) is 2.49. The van der Waals surface area contributed by atoms with Crippen molar-refractivity contribution in [2.75, 3.05) is 7.11 Å². The Morgan fingerprint density at radius 1 is 1.19 bits per heavy atom. The van der Waals surface area contributed by atoms with Gasteiger partial charge in [0, 0.05) is 5.56 Å². The van der Waals surface area contributed by atoms with Crippen LogP contribution in [-0.4, -0.2) is 18.2 Å². The van der Waals surface area contributed by atoms with Crippen LogP contribution in [0.25, 0.3) is 11.1 Å². The molecule has 2 aromatic rings. The van der Waals surface area contributed by atoms with Crippen molar-refractivity contribution >= 4 is 20.5 Å². The highest BCUT2D eigenvalue weighted by molar-refractivity contribution is 7.27. The normalized spacial score (nSPS) is 9.57. The predicted molar refractivity (Wildman–Crippen MR) is 85.5 cm³/mol. The highest BCUT2D eigenvalue weighted by Crippen LogP contribution is 2.28. The molecule has 0 aliphatic rings. The van der Waals surface area contributed by atoms with E-state index < -0.39 is 11.8 Å². The Labute approximate surface area is 126 Å². The fourth-order valence-electron chi connectivity index (χ4n) is 1.74. The van der Waals surface area contributed by atoms with Crippen molar-refractivity contribution in [2.45, 2.75) is 13.8 Å². The van der Waals surface area contributed by atoms with Crippen LogP contribution in [0, 0.1) is 5.82 Å². The minimum Gasteiger partial charge on any atom is -0.507 e. The van der Waals surface area contributed by atoms with Gasteiger partial charge in [0.2, 0.25) is 0 Å². The number of aromatic hydroxyl groups is 1. The van der Waals surface area contributed by atoms with E-state index in [-0.39, 0.29) is 11.3 Å². The fraction of sp³-hybridized carbons (Fsp3) is 0.188. The van der Waals surface area contributed by atoms with Crippen molar-refractivity contribution in [1.29, 1.82) is 0 Å². The number of benzene rings is 2. The number of esters is 1. The Morgan fingerprint density at radius 2 is 1.86 bits per heavy atom. The van der Waals surface area contributed by atoms with Gasteiger partial charge in [-0.05, 0) is 29.1 Å². The zero-order valence-electron chi connectivity index (χ0n) is 12.2.